The molecule has 0 aliphatic rings. The average molecular weight is 833 g/mol. The molecule has 0 atom stereocenters. The van der Waals surface area contributed by atoms with Crippen molar-refractivity contribution >= 4 is 124 Å². The van der Waals surface area contributed by atoms with Gasteiger partial charge in [0.1, 0.15) is 16.2 Å². The molecule has 286 valence electrons. The molecule has 4 aromatic heterocycles. The van der Waals surface area contributed by atoms with Crippen molar-refractivity contribution in [3.63, 3.8) is 0 Å². The number of hydrogen-bond acceptors (Lipinski definition) is 6. The molecular weight excluding hydrogens is 801 g/mol. The molecule has 0 unspecified atom stereocenters. The van der Waals surface area contributed by atoms with Gasteiger partial charge in [0, 0.05) is 85.4 Å². The zero-order valence-electron chi connectivity index (χ0n) is 32.5. The van der Waals surface area contributed by atoms with Crippen molar-refractivity contribution in [1.82, 2.24) is 4.98 Å². The molecule has 0 N–H and O–H groups in total. The first-order valence-electron chi connectivity index (χ1n) is 20.3. The predicted octanol–water partition coefficient (Wildman–Crippen LogP) is 17.4. The van der Waals surface area contributed by atoms with E-state index in [0.29, 0.717) is 0 Å². The van der Waals surface area contributed by atoms with Crippen molar-refractivity contribution in [2.75, 3.05) is 4.90 Å². The second-order valence-corrected chi connectivity index (χ2v) is 18.6. The zero-order valence-corrected chi connectivity index (χ0v) is 35.0. The molecule has 9 aromatic carbocycles. The standard InChI is InChI=1S/C55H32N2OS3/c1-3-13-33(14-4-1)44-29-35(25-28-43(44)52-53-51(61-55(56-53)34-15-5-2-6-16-34)32-45-41-19-9-12-22-49(41)60-54(45)52)57(36-23-26-39-38-17-7-10-20-46(38)58-47(39)30-36)37-24-27-42-40-18-8-11-21-48(40)59-50(42)31-37/h1-32H. The summed E-state index contributed by atoms with van der Waals surface area (Å²) in [4.78, 5) is 7.85. The Morgan fingerprint density at radius 3 is 1.77 bits per heavy atom. The molecular formula is C55H32N2OS3. The Kier molecular flexibility index (Phi) is 7.82. The Bertz CT molecular complexity index is 3720. The molecule has 0 saturated carbocycles. The summed E-state index contributed by atoms with van der Waals surface area (Å²) in [5.41, 5.74) is 11.7. The van der Waals surface area contributed by atoms with Crippen molar-refractivity contribution in [2.24, 2.45) is 0 Å². The number of thiazole rings is 1. The van der Waals surface area contributed by atoms with Crippen LogP contribution in [0.25, 0.3) is 105 Å². The number of anilines is 3. The van der Waals surface area contributed by atoms with Crippen molar-refractivity contribution < 1.29 is 4.42 Å². The molecule has 4 heterocycles. The number of fused-ring (bicyclic) bond motifs is 10. The van der Waals surface area contributed by atoms with Gasteiger partial charge in [0.05, 0.1) is 10.2 Å². The summed E-state index contributed by atoms with van der Waals surface area (Å²) >= 11 is 5.48. The van der Waals surface area contributed by atoms with Crippen LogP contribution in [-0.2, 0) is 0 Å². The minimum absolute atomic E-state index is 0.864. The lowest BCUT2D eigenvalue weighted by Gasteiger charge is -2.27. The molecule has 13 aromatic rings. The fourth-order valence-electron chi connectivity index (χ4n) is 9.10. The first kappa shape index (κ1) is 34.7. The Labute approximate surface area is 362 Å². The number of hydrogen-bond donors (Lipinski definition) is 0. The van der Waals surface area contributed by atoms with E-state index in [-0.39, 0.29) is 0 Å². The van der Waals surface area contributed by atoms with Gasteiger partial charge in [-0.3, -0.25) is 0 Å². The van der Waals surface area contributed by atoms with Crippen molar-refractivity contribution in [2.45, 2.75) is 0 Å². The lowest BCUT2D eigenvalue weighted by Crippen LogP contribution is -2.10. The van der Waals surface area contributed by atoms with Crippen LogP contribution in [0.15, 0.2) is 199 Å². The molecule has 61 heavy (non-hydrogen) atoms. The maximum Gasteiger partial charge on any atom is 0.137 e. The van der Waals surface area contributed by atoms with E-state index < -0.39 is 0 Å². The topological polar surface area (TPSA) is 29.3 Å². The number of para-hydroxylation sites is 1. The highest BCUT2D eigenvalue weighted by Crippen LogP contribution is 2.50. The van der Waals surface area contributed by atoms with E-state index in [1.807, 2.05) is 34.8 Å². The minimum atomic E-state index is 0.864. The number of rotatable bonds is 6. The smallest absolute Gasteiger partial charge is 0.137 e. The van der Waals surface area contributed by atoms with Crippen LogP contribution in [0, 0.1) is 0 Å². The molecule has 13 rings (SSSR count). The van der Waals surface area contributed by atoms with Crippen LogP contribution in [0.5, 0.6) is 0 Å². The van der Waals surface area contributed by atoms with Crippen LogP contribution in [0.1, 0.15) is 0 Å². The lowest BCUT2D eigenvalue weighted by molar-refractivity contribution is 0.669. The number of benzene rings is 9. The van der Waals surface area contributed by atoms with Crippen molar-refractivity contribution in [3.05, 3.63) is 194 Å². The zero-order chi connectivity index (χ0) is 40.0. The van der Waals surface area contributed by atoms with Gasteiger partial charge in [-0.05, 0) is 77.4 Å². The molecule has 0 spiro atoms. The minimum Gasteiger partial charge on any atom is -0.456 e. The largest absolute Gasteiger partial charge is 0.456 e. The van der Waals surface area contributed by atoms with Crippen molar-refractivity contribution in [3.8, 4) is 32.8 Å². The molecule has 0 fully saturated rings. The van der Waals surface area contributed by atoms with Crippen LogP contribution < -0.4 is 4.90 Å². The molecule has 0 saturated heterocycles. The third kappa shape index (κ3) is 5.57. The second-order valence-electron chi connectivity index (χ2n) is 15.4. The first-order chi connectivity index (χ1) is 30.2. The Hall–Kier alpha value is -7.09. The van der Waals surface area contributed by atoms with E-state index in [4.69, 9.17) is 9.40 Å². The number of thiophene rings is 2. The third-order valence-corrected chi connectivity index (χ3v) is 15.3. The molecule has 0 amide bonds. The fraction of sp³-hybridized carbons (Fsp3) is 0. The molecule has 6 heteroatoms. The van der Waals surface area contributed by atoms with E-state index in [2.05, 4.69) is 187 Å². The number of aromatic nitrogens is 1. The molecule has 3 nitrogen and oxygen atoms in total. The first-order valence-corrected chi connectivity index (χ1v) is 22.8. The van der Waals surface area contributed by atoms with E-state index in [1.165, 1.54) is 50.6 Å². The highest BCUT2D eigenvalue weighted by Gasteiger charge is 2.24. The van der Waals surface area contributed by atoms with Gasteiger partial charge in [0.2, 0.25) is 0 Å². The third-order valence-electron chi connectivity index (χ3n) is 11.9. The maximum atomic E-state index is 6.51. The highest BCUT2D eigenvalue weighted by atomic mass is 32.1. The molecule has 0 aliphatic heterocycles. The maximum absolute atomic E-state index is 6.51. The highest BCUT2D eigenvalue weighted by molar-refractivity contribution is 7.27. The summed E-state index contributed by atoms with van der Waals surface area (Å²) in [6.45, 7) is 0. The Morgan fingerprint density at radius 1 is 0.377 bits per heavy atom. The summed E-state index contributed by atoms with van der Waals surface area (Å²) in [5.74, 6) is 0. The Morgan fingerprint density at radius 2 is 0.967 bits per heavy atom. The van der Waals surface area contributed by atoms with Gasteiger partial charge < -0.3 is 9.32 Å². The summed E-state index contributed by atoms with van der Waals surface area (Å²) < 4.78 is 12.8. The predicted molar refractivity (Wildman–Crippen MR) is 264 cm³/mol. The monoisotopic (exact) mass is 832 g/mol. The van der Waals surface area contributed by atoms with Gasteiger partial charge in [-0.2, -0.15) is 0 Å². The van der Waals surface area contributed by atoms with Crippen LogP contribution in [0.4, 0.5) is 17.1 Å². The Balaban J connectivity index is 1.08. The van der Waals surface area contributed by atoms with Crippen molar-refractivity contribution in [1.29, 1.82) is 0 Å². The van der Waals surface area contributed by atoms with Crippen LogP contribution in [0.2, 0.25) is 0 Å². The van der Waals surface area contributed by atoms with Crippen LogP contribution in [0.3, 0.4) is 0 Å². The molecule has 0 radical (unpaired) electrons. The summed E-state index contributed by atoms with van der Waals surface area (Å²) in [7, 11) is 0. The van der Waals surface area contributed by atoms with E-state index in [9.17, 15) is 0 Å². The van der Waals surface area contributed by atoms with Gasteiger partial charge in [-0.1, -0.05) is 127 Å². The SMILES string of the molecule is c1ccc(-c2nc3c(-c4ccc(N(c5ccc6c(c5)oc5ccccc56)c5ccc6c(c5)sc5ccccc56)cc4-c4ccccc4)c4sc5ccccc5c4cc3s2)cc1. The molecule has 0 bridgehead atoms. The summed E-state index contributed by atoms with van der Waals surface area (Å²) in [5, 5.41) is 8.37. The van der Waals surface area contributed by atoms with E-state index in [1.54, 1.807) is 11.3 Å². The number of nitrogens with zero attached hydrogens (tertiary/aromatic N) is 2. The van der Waals surface area contributed by atoms with Gasteiger partial charge in [-0.25, -0.2) is 4.98 Å². The van der Waals surface area contributed by atoms with Crippen LogP contribution in [-0.4, -0.2) is 4.98 Å². The summed E-state index contributed by atoms with van der Waals surface area (Å²) in [6, 6.07) is 70.1. The van der Waals surface area contributed by atoms with Gasteiger partial charge >= 0.3 is 0 Å². The number of furan rings is 1. The lowest BCUT2D eigenvalue weighted by atomic mass is 9.92. The second kappa shape index (κ2) is 13.7. The van der Waals surface area contributed by atoms with Crippen LogP contribution >= 0.6 is 34.0 Å². The van der Waals surface area contributed by atoms with Gasteiger partial charge in [-0.15, -0.1) is 34.0 Å². The average Bonchev–Trinajstić information content (AvgIpc) is 4.10. The van der Waals surface area contributed by atoms with Gasteiger partial charge in [0.15, 0.2) is 0 Å². The molecule has 0 aliphatic carbocycles. The quantitative estimate of drug-likeness (QED) is 0.167. The summed E-state index contributed by atoms with van der Waals surface area (Å²) in [6.07, 6.45) is 0. The van der Waals surface area contributed by atoms with Gasteiger partial charge in [0.25, 0.3) is 0 Å². The van der Waals surface area contributed by atoms with E-state index in [0.717, 1.165) is 71.8 Å². The van der Waals surface area contributed by atoms with E-state index >= 15 is 0 Å². The fourth-order valence-corrected chi connectivity index (χ4v) is 12.5. The normalized spacial score (nSPS) is 11.9.